The van der Waals surface area contributed by atoms with Crippen molar-refractivity contribution in [2.45, 2.75) is 108 Å². The Morgan fingerprint density at radius 2 is 1.71 bits per heavy atom. The molecule has 7 nitrogen and oxygen atoms in total. The second-order valence-electron chi connectivity index (χ2n) is 10.6. The fourth-order valence-electron chi connectivity index (χ4n) is 5.49. The Balaban J connectivity index is 1.49. The van der Waals surface area contributed by atoms with Crippen LogP contribution in [-0.2, 0) is 35.0 Å². The molecule has 5 atom stereocenters. The number of hydrogen-bond acceptors (Lipinski definition) is 7. The molecule has 3 fully saturated rings. The second kappa shape index (κ2) is 10.8. The highest BCUT2D eigenvalue weighted by atomic mass is 16.7. The molecule has 1 N–H and O–H groups in total. The molecule has 7 heteroatoms. The average Bonchev–Trinajstić information content (AvgIpc) is 2.79. The van der Waals surface area contributed by atoms with Gasteiger partial charge in [-0.05, 0) is 37.7 Å². The molecule has 0 saturated carbocycles. The summed E-state index contributed by atoms with van der Waals surface area (Å²) >= 11 is 0. The van der Waals surface area contributed by atoms with Gasteiger partial charge < -0.3 is 24.1 Å². The Hall–Kier alpha value is -1.96. The fraction of sp³-hybridized carbons (Fsp3) is 0.704. The van der Waals surface area contributed by atoms with Crippen LogP contribution in [0.4, 0.5) is 0 Å². The highest BCUT2D eigenvalue weighted by molar-refractivity contribution is 5.73. The van der Waals surface area contributed by atoms with E-state index in [1.54, 1.807) is 0 Å². The quantitative estimate of drug-likeness (QED) is 0.490. The van der Waals surface area contributed by atoms with Gasteiger partial charge >= 0.3 is 11.9 Å². The number of benzene rings is 1. The standard InChI is InChI=1S/C27H38O7/c1-26(2)13-12-21-15-24(29)32-23(18-28)16-25(30)31-22-14-20(33-27(26,17-22)34-21)11-7-6-10-19-8-4-3-5-9-19/h3-5,8-9,20-23,28H,6-7,10-18H2,1-2H3/t20-,21-,22-,23+,27+/m1/s1. The van der Waals surface area contributed by atoms with Gasteiger partial charge in [0.15, 0.2) is 5.79 Å². The van der Waals surface area contributed by atoms with Crippen LogP contribution in [0.25, 0.3) is 0 Å². The van der Waals surface area contributed by atoms with Gasteiger partial charge in [-0.3, -0.25) is 9.59 Å². The number of ether oxygens (including phenoxy) is 4. The van der Waals surface area contributed by atoms with Gasteiger partial charge in [0.2, 0.25) is 0 Å². The number of cyclic esters (lactones) is 1. The van der Waals surface area contributed by atoms with Crippen LogP contribution in [0, 0.1) is 5.41 Å². The predicted octanol–water partition coefficient (Wildman–Crippen LogP) is 4.09. The van der Waals surface area contributed by atoms with Crippen LogP contribution >= 0.6 is 0 Å². The lowest BCUT2D eigenvalue weighted by Gasteiger charge is -2.56. The molecule has 1 spiro atoms. The van der Waals surface area contributed by atoms with Crippen LogP contribution in [-0.4, -0.2) is 53.9 Å². The predicted molar refractivity (Wildman–Crippen MR) is 125 cm³/mol. The molecular formula is C27H38O7. The molecule has 3 saturated heterocycles. The van der Waals surface area contributed by atoms with Crippen molar-refractivity contribution in [3.05, 3.63) is 35.9 Å². The van der Waals surface area contributed by atoms with Gasteiger partial charge in [0, 0.05) is 18.3 Å². The van der Waals surface area contributed by atoms with Crippen LogP contribution in [0.3, 0.4) is 0 Å². The SMILES string of the molecule is CC1(C)CC[C@@H]2CC(=O)O[C@H](CO)CC(=O)O[C@@H]3C[C@@H](CCCCc4ccccc4)O[C@@]1(C3)O2. The normalized spacial score (nSPS) is 33.7. The molecule has 34 heavy (non-hydrogen) atoms. The van der Waals surface area contributed by atoms with Gasteiger partial charge in [-0.15, -0.1) is 0 Å². The van der Waals surface area contributed by atoms with Gasteiger partial charge in [0.1, 0.15) is 12.2 Å². The molecule has 3 heterocycles. The molecule has 0 unspecified atom stereocenters. The number of aryl methyl sites for hydroxylation is 1. The van der Waals surface area contributed by atoms with Crippen molar-refractivity contribution in [3.8, 4) is 0 Å². The highest BCUT2D eigenvalue weighted by Crippen LogP contribution is 2.52. The minimum absolute atomic E-state index is 0.0825. The first-order chi connectivity index (χ1) is 16.3. The summed E-state index contributed by atoms with van der Waals surface area (Å²) < 4.78 is 24.4. The van der Waals surface area contributed by atoms with E-state index < -0.39 is 30.4 Å². The van der Waals surface area contributed by atoms with E-state index in [0.717, 1.165) is 38.5 Å². The first-order valence-electron chi connectivity index (χ1n) is 12.7. The first kappa shape index (κ1) is 25.1. The van der Waals surface area contributed by atoms with E-state index in [9.17, 15) is 14.7 Å². The van der Waals surface area contributed by atoms with Gasteiger partial charge in [0.25, 0.3) is 0 Å². The van der Waals surface area contributed by atoms with Gasteiger partial charge in [-0.1, -0.05) is 50.6 Å². The fourth-order valence-corrected chi connectivity index (χ4v) is 5.49. The lowest BCUT2D eigenvalue weighted by atomic mass is 9.71. The Bertz CT molecular complexity index is 835. The smallest absolute Gasteiger partial charge is 0.309 e. The second-order valence-corrected chi connectivity index (χ2v) is 10.6. The Morgan fingerprint density at radius 3 is 2.47 bits per heavy atom. The highest BCUT2D eigenvalue weighted by Gasteiger charge is 2.57. The van der Waals surface area contributed by atoms with Crippen LogP contribution in [0.2, 0.25) is 0 Å². The number of carbonyl (C=O) groups is 2. The lowest BCUT2D eigenvalue weighted by molar-refractivity contribution is -0.373. The summed E-state index contributed by atoms with van der Waals surface area (Å²) in [6.07, 6.45) is 4.83. The van der Waals surface area contributed by atoms with Crippen molar-refractivity contribution in [2.75, 3.05) is 6.61 Å². The number of fused-ring (bicyclic) bond motifs is 2. The van der Waals surface area contributed by atoms with E-state index in [-0.39, 0.29) is 36.6 Å². The largest absolute Gasteiger partial charge is 0.462 e. The third-order valence-corrected chi connectivity index (χ3v) is 7.53. The van der Waals surface area contributed by atoms with Crippen molar-refractivity contribution in [3.63, 3.8) is 0 Å². The number of carbonyl (C=O) groups excluding carboxylic acids is 2. The van der Waals surface area contributed by atoms with E-state index in [4.69, 9.17) is 18.9 Å². The molecule has 188 valence electrons. The maximum Gasteiger partial charge on any atom is 0.309 e. The topological polar surface area (TPSA) is 91.3 Å². The molecule has 4 rings (SSSR count). The monoisotopic (exact) mass is 474 g/mol. The molecule has 3 aliphatic rings. The van der Waals surface area contributed by atoms with E-state index in [1.807, 2.05) is 6.07 Å². The van der Waals surface area contributed by atoms with E-state index >= 15 is 0 Å². The van der Waals surface area contributed by atoms with Crippen molar-refractivity contribution in [1.82, 2.24) is 0 Å². The molecule has 0 amide bonds. The zero-order valence-corrected chi connectivity index (χ0v) is 20.4. The number of aliphatic hydroxyl groups is 1. The summed E-state index contributed by atoms with van der Waals surface area (Å²) in [6, 6.07) is 10.4. The van der Waals surface area contributed by atoms with Crippen molar-refractivity contribution < 1.29 is 33.6 Å². The molecule has 1 aromatic carbocycles. The number of hydrogen-bond donors (Lipinski definition) is 1. The first-order valence-corrected chi connectivity index (χ1v) is 12.7. The summed E-state index contributed by atoms with van der Waals surface area (Å²) in [6.45, 7) is 3.85. The van der Waals surface area contributed by atoms with Crippen molar-refractivity contribution in [2.24, 2.45) is 5.41 Å². The minimum atomic E-state index is -0.918. The van der Waals surface area contributed by atoms with Crippen LogP contribution < -0.4 is 0 Å². The summed E-state index contributed by atoms with van der Waals surface area (Å²) in [4.78, 5) is 25.1. The van der Waals surface area contributed by atoms with E-state index in [0.29, 0.717) is 12.8 Å². The molecular weight excluding hydrogens is 436 g/mol. The Morgan fingerprint density at radius 1 is 0.941 bits per heavy atom. The average molecular weight is 475 g/mol. The number of rotatable bonds is 6. The van der Waals surface area contributed by atoms with Gasteiger partial charge in [-0.25, -0.2) is 0 Å². The zero-order chi connectivity index (χ0) is 24.2. The van der Waals surface area contributed by atoms with Crippen molar-refractivity contribution in [1.29, 1.82) is 0 Å². The lowest BCUT2D eigenvalue weighted by Crippen LogP contribution is -2.61. The zero-order valence-electron chi connectivity index (χ0n) is 20.4. The summed E-state index contributed by atoms with van der Waals surface area (Å²) in [7, 11) is 0. The summed E-state index contributed by atoms with van der Waals surface area (Å²) in [5.41, 5.74) is 1.04. The Labute approximate surface area is 202 Å². The van der Waals surface area contributed by atoms with Crippen molar-refractivity contribution >= 4 is 11.9 Å². The maximum atomic E-state index is 12.6. The van der Waals surface area contributed by atoms with Crippen LogP contribution in [0.5, 0.6) is 0 Å². The third kappa shape index (κ3) is 5.99. The van der Waals surface area contributed by atoms with Gasteiger partial charge in [-0.2, -0.15) is 0 Å². The number of aliphatic hydroxyl groups excluding tert-OH is 1. The molecule has 3 aliphatic heterocycles. The number of esters is 2. The van der Waals surface area contributed by atoms with E-state index in [1.165, 1.54) is 5.56 Å². The molecule has 0 aromatic heterocycles. The number of unbranched alkanes of at least 4 members (excludes halogenated alkanes) is 1. The maximum absolute atomic E-state index is 12.6. The Kier molecular flexibility index (Phi) is 7.95. The van der Waals surface area contributed by atoms with Crippen LogP contribution in [0.15, 0.2) is 30.3 Å². The van der Waals surface area contributed by atoms with Gasteiger partial charge in [0.05, 0.1) is 31.7 Å². The minimum Gasteiger partial charge on any atom is -0.462 e. The summed E-state index contributed by atoms with van der Waals surface area (Å²) in [5.74, 6) is -1.86. The third-order valence-electron chi connectivity index (χ3n) is 7.53. The molecule has 1 aromatic rings. The molecule has 0 aliphatic carbocycles. The van der Waals surface area contributed by atoms with Crippen LogP contribution in [0.1, 0.15) is 77.2 Å². The summed E-state index contributed by atoms with van der Waals surface area (Å²) in [5, 5.41) is 9.56. The van der Waals surface area contributed by atoms with E-state index in [2.05, 4.69) is 38.1 Å². The molecule has 3 bridgehead atoms. The molecule has 0 radical (unpaired) electrons.